The van der Waals surface area contributed by atoms with Gasteiger partial charge in [0.05, 0.1) is 5.69 Å². The minimum Gasteiger partial charge on any atom is -0.389 e. The Balaban J connectivity index is 2.16. The third-order valence-electron chi connectivity index (χ3n) is 3.23. The van der Waals surface area contributed by atoms with Crippen LogP contribution in [0.25, 0.3) is 0 Å². The van der Waals surface area contributed by atoms with Crippen molar-refractivity contribution < 1.29 is 14.0 Å². The van der Waals surface area contributed by atoms with Crippen molar-refractivity contribution in [1.29, 1.82) is 0 Å². The molecule has 1 unspecified atom stereocenters. The predicted molar refractivity (Wildman–Crippen MR) is 76.7 cm³/mol. The van der Waals surface area contributed by atoms with Gasteiger partial charge in [0.2, 0.25) is 5.91 Å². The molecule has 3 N–H and O–H groups in total. The van der Waals surface area contributed by atoms with Crippen LogP contribution in [-0.2, 0) is 9.59 Å². The van der Waals surface area contributed by atoms with E-state index in [2.05, 4.69) is 5.32 Å². The number of nitrogens with one attached hydrogen (secondary N) is 1. The molecule has 0 spiro atoms. The van der Waals surface area contributed by atoms with Crippen molar-refractivity contribution in [3.8, 4) is 0 Å². The lowest BCUT2D eigenvalue weighted by atomic mass is 10.0. The van der Waals surface area contributed by atoms with E-state index in [9.17, 15) is 14.0 Å². The number of likely N-dealkylation sites (N-methyl/N-ethyl adjacent to an activating group) is 1. The summed E-state index contributed by atoms with van der Waals surface area (Å²) in [6, 6.07) is 3.67. The van der Waals surface area contributed by atoms with Crippen LogP contribution in [0.3, 0.4) is 0 Å². The zero-order valence-electron chi connectivity index (χ0n) is 10.9. The zero-order valence-corrected chi connectivity index (χ0v) is 11.7. The smallest absolute Gasteiger partial charge is 0.251 e. The van der Waals surface area contributed by atoms with E-state index >= 15 is 0 Å². The van der Waals surface area contributed by atoms with E-state index in [1.165, 1.54) is 19.2 Å². The Kier molecular flexibility index (Phi) is 3.99. The van der Waals surface area contributed by atoms with Crippen molar-refractivity contribution in [2.24, 2.45) is 5.73 Å². The molecule has 1 aliphatic rings. The van der Waals surface area contributed by atoms with Gasteiger partial charge in [-0.05, 0) is 24.6 Å². The van der Waals surface area contributed by atoms with Crippen LogP contribution < -0.4 is 11.1 Å². The first-order chi connectivity index (χ1) is 9.40. The van der Waals surface area contributed by atoms with E-state index in [0.29, 0.717) is 12.0 Å². The summed E-state index contributed by atoms with van der Waals surface area (Å²) in [4.78, 5) is 24.4. The Morgan fingerprint density at radius 3 is 2.80 bits per heavy atom. The molecular formula is C13H14FN3O2S. The number of carbonyl (C=O) groups is 2. The molecule has 1 aromatic carbocycles. The van der Waals surface area contributed by atoms with Gasteiger partial charge in [-0.2, -0.15) is 0 Å². The topological polar surface area (TPSA) is 75.4 Å². The first-order valence-corrected chi connectivity index (χ1v) is 6.47. The van der Waals surface area contributed by atoms with Gasteiger partial charge < -0.3 is 11.1 Å². The molecule has 1 atom stereocenters. The van der Waals surface area contributed by atoms with Crippen molar-refractivity contribution in [1.82, 2.24) is 4.90 Å². The van der Waals surface area contributed by atoms with Crippen LogP contribution in [0.5, 0.6) is 0 Å². The van der Waals surface area contributed by atoms with Gasteiger partial charge in [0.25, 0.3) is 5.91 Å². The molecule has 20 heavy (non-hydrogen) atoms. The molecule has 5 nitrogen and oxygen atoms in total. The van der Waals surface area contributed by atoms with Crippen LogP contribution in [0, 0.1) is 5.82 Å². The van der Waals surface area contributed by atoms with E-state index in [-0.39, 0.29) is 28.9 Å². The summed E-state index contributed by atoms with van der Waals surface area (Å²) in [6.45, 7) is 0. The summed E-state index contributed by atoms with van der Waals surface area (Å²) in [5.41, 5.74) is 6.03. The highest BCUT2D eigenvalue weighted by Crippen LogP contribution is 2.21. The fraction of sp³-hybridized carbons (Fsp3) is 0.308. The van der Waals surface area contributed by atoms with Gasteiger partial charge in [-0.25, -0.2) is 4.39 Å². The second-order valence-electron chi connectivity index (χ2n) is 4.59. The highest BCUT2D eigenvalue weighted by atomic mass is 32.1. The number of rotatable bonds is 3. The number of likely N-dealkylation sites (tertiary alicyclic amines) is 1. The number of hydrogen-bond donors (Lipinski definition) is 2. The first-order valence-electron chi connectivity index (χ1n) is 6.06. The molecule has 2 rings (SSSR count). The highest BCUT2D eigenvalue weighted by molar-refractivity contribution is 7.80. The van der Waals surface area contributed by atoms with E-state index < -0.39 is 11.9 Å². The average molecular weight is 295 g/mol. The number of benzene rings is 1. The van der Waals surface area contributed by atoms with Crippen LogP contribution in [0.2, 0.25) is 0 Å². The van der Waals surface area contributed by atoms with Crippen molar-refractivity contribution >= 4 is 34.7 Å². The minimum atomic E-state index is -0.608. The van der Waals surface area contributed by atoms with Crippen LogP contribution in [-0.4, -0.2) is 34.8 Å². The fourth-order valence-electron chi connectivity index (χ4n) is 2.02. The van der Waals surface area contributed by atoms with Crippen LogP contribution in [0.15, 0.2) is 18.2 Å². The molecule has 0 aromatic heterocycles. The highest BCUT2D eigenvalue weighted by Gasteiger charge is 2.31. The lowest BCUT2D eigenvalue weighted by Crippen LogP contribution is -2.48. The third-order valence-corrected chi connectivity index (χ3v) is 3.47. The van der Waals surface area contributed by atoms with Crippen molar-refractivity contribution in [3.63, 3.8) is 0 Å². The number of halogens is 1. The molecule has 106 valence electrons. The molecule has 1 heterocycles. The Morgan fingerprint density at radius 1 is 1.50 bits per heavy atom. The maximum absolute atomic E-state index is 13.9. The van der Waals surface area contributed by atoms with Crippen molar-refractivity contribution in [3.05, 3.63) is 29.6 Å². The van der Waals surface area contributed by atoms with Crippen LogP contribution in [0.1, 0.15) is 18.4 Å². The third kappa shape index (κ3) is 2.77. The number of imide groups is 1. The number of nitrogens with two attached hydrogens (primary N) is 1. The first kappa shape index (κ1) is 14.4. The summed E-state index contributed by atoms with van der Waals surface area (Å²) < 4.78 is 13.9. The van der Waals surface area contributed by atoms with Gasteiger partial charge in [-0.1, -0.05) is 12.2 Å². The molecule has 1 aromatic rings. The average Bonchev–Trinajstić information content (AvgIpc) is 2.41. The lowest BCUT2D eigenvalue weighted by Gasteiger charge is -2.28. The van der Waals surface area contributed by atoms with Gasteiger partial charge in [0.15, 0.2) is 0 Å². The SMILES string of the molecule is CN1C(=O)CCC(Nc2ccc(C(N)=S)cc2F)C1=O. The van der Waals surface area contributed by atoms with E-state index in [0.717, 1.165) is 4.90 Å². The number of nitrogens with zero attached hydrogens (tertiary/aromatic N) is 1. The van der Waals surface area contributed by atoms with E-state index in [4.69, 9.17) is 18.0 Å². The van der Waals surface area contributed by atoms with Crippen molar-refractivity contribution in [2.75, 3.05) is 12.4 Å². The summed E-state index contributed by atoms with van der Waals surface area (Å²) in [6.07, 6.45) is 0.602. The fourth-order valence-corrected chi connectivity index (χ4v) is 2.15. The molecule has 1 fully saturated rings. The molecule has 0 aliphatic carbocycles. The molecule has 2 amide bonds. The zero-order chi connectivity index (χ0) is 14.9. The summed E-state index contributed by atoms with van der Waals surface area (Å²) in [5, 5.41) is 2.81. The van der Waals surface area contributed by atoms with Crippen molar-refractivity contribution in [2.45, 2.75) is 18.9 Å². The van der Waals surface area contributed by atoms with Gasteiger partial charge >= 0.3 is 0 Å². The number of hydrogen-bond acceptors (Lipinski definition) is 4. The molecule has 7 heteroatoms. The Morgan fingerprint density at radius 2 is 2.20 bits per heavy atom. The van der Waals surface area contributed by atoms with Gasteiger partial charge in [0, 0.05) is 19.0 Å². The number of thiocarbonyl (C=S) groups is 1. The molecule has 0 bridgehead atoms. The molecule has 0 saturated carbocycles. The second kappa shape index (κ2) is 5.54. The quantitative estimate of drug-likeness (QED) is 0.643. The number of amides is 2. The van der Waals surface area contributed by atoms with Gasteiger partial charge in [0.1, 0.15) is 16.8 Å². The number of anilines is 1. The Labute approximate surface area is 120 Å². The van der Waals surface area contributed by atoms with Gasteiger partial charge in [-0.3, -0.25) is 14.5 Å². The van der Waals surface area contributed by atoms with Crippen LogP contribution in [0.4, 0.5) is 10.1 Å². The second-order valence-corrected chi connectivity index (χ2v) is 5.03. The largest absolute Gasteiger partial charge is 0.389 e. The minimum absolute atomic E-state index is 0.106. The van der Waals surface area contributed by atoms with E-state index in [1.54, 1.807) is 6.07 Å². The number of carbonyl (C=O) groups excluding carboxylic acids is 2. The van der Waals surface area contributed by atoms with Gasteiger partial charge in [-0.15, -0.1) is 0 Å². The molecular weight excluding hydrogens is 281 g/mol. The van der Waals surface area contributed by atoms with Crippen LogP contribution >= 0.6 is 12.2 Å². The maximum atomic E-state index is 13.9. The molecule has 1 saturated heterocycles. The number of piperidine rings is 1. The van der Waals surface area contributed by atoms with E-state index in [1.807, 2.05) is 0 Å². The lowest BCUT2D eigenvalue weighted by molar-refractivity contribution is -0.146. The summed E-state index contributed by atoms with van der Waals surface area (Å²) in [5.74, 6) is -1.13. The molecule has 0 radical (unpaired) electrons. The Bertz CT molecular complexity index is 591. The maximum Gasteiger partial charge on any atom is 0.251 e. The summed E-state index contributed by atoms with van der Waals surface area (Å²) >= 11 is 4.77. The summed E-state index contributed by atoms with van der Waals surface area (Å²) in [7, 11) is 1.42. The molecule has 1 aliphatic heterocycles. The normalized spacial score (nSPS) is 19.1. The Hall–Kier alpha value is -2.02. The monoisotopic (exact) mass is 295 g/mol. The predicted octanol–water partition coefficient (Wildman–Crippen LogP) is 1.02. The standard InChI is InChI=1S/C13H14FN3O2S/c1-17-11(18)5-4-10(13(17)19)16-9-3-2-7(12(15)20)6-8(9)14/h2-3,6,10,16H,4-5H2,1H3,(H2,15,20).